The van der Waals surface area contributed by atoms with Gasteiger partial charge in [0.2, 0.25) is 5.91 Å². The van der Waals surface area contributed by atoms with E-state index in [4.69, 9.17) is 4.98 Å². The van der Waals surface area contributed by atoms with Gasteiger partial charge in [-0.15, -0.1) is 0 Å². The van der Waals surface area contributed by atoms with E-state index in [1.807, 2.05) is 36.4 Å². The summed E-state index contributed by atoms with van der Waals surface area (Å²) in [6, 6.07) is 6.12. The number of nitrogens with zero attached hydrogens (tertiary/aromatic N) is 5. The van der Waals surface area contributed by atoms with Crippen LogP contribution < -0.4 is 4.90 Å². The Morgan fingerprint density at radius 2 is 1.97 bits per heavy atom. The average Bonchev–Trinajstić information content (AvgIpc) is 3.43. The minimum atomic E-state index is 0.0764. The minimum Gasteiger partial charge on any atom is -0.356 e. The normalized spacial score (nSPS) is 19.8. The Bertz CT molecular complexity index is 1040. The first-order valence-electron chi connectivity index (χ1n) is 10.5. The van der Waals surface area contributed by atoms with Crippen molar-refractivity contribution >= 4 is 22.9 Å². The number of pyridine rings is 2. The van der Waals surface area contributed by atoms with Gasteiger partial charge >= 0.3 is 0 Å². The highest BCUT2D eigenvalue weighted by Crippen LogP contribution is 2.27. The molecular formula is C22H26N6O. The number of imidazole rings is 1. The SMILES string of the molecule is Cc1cncc(-c2nc3nc(N4CCCC(C(=O)N5CCCC5)C4)ccc3[nH]2)c1. The van der Waals surface area contributed by atoms with E-state index in [2.05, 4.69) is 25.9 Å². The number of amides is 1. The van der Waals surface area contributed by atoms with Crippen molar-refractivity contribution in [2.24, 2.45) is 5.92 Å². The summed E-state index contributed by atoms with van der Waals surface area (Å²) in [6.45, 7) is 5.53. The molecule has 2 aliphatic rings. The average molecular weight is 390 g/mol. The Hall–Kier alpha value is -2.96. The van der Waals surface area contributed by atoms with Crippen molar-refractivity contribution in [2.75, 3.05) is 31.1 Å². The van der Waals surface area contributed by atoms with Crippen LogP contribution in [0.3, 0.4) is 0 Å². The van der Waals surface area contributed by atoms with E-state index in [-0.39, 0.29) is 5.92 Å². The topological polar surface area (TPSA) is 78.0 Å². The highest BCUT2D eigenvalue weighted by Gasteiger charge is 2.31. The number of rotatable bonds is 3. The van der Waals surface area contributed by atoms with Crippen LogP contribution in [-0.4, -0.2) is 56.9 Å². The lowest BCUT2D eigenvalue weighted by molar-refractivity contribution is -0.134. The maximum atomic E-state index is 12.8. The molecule has 0 aliphatic carbocycles. The molecule has 0 saturated carbocycles. The Kier molecular flexibility index (Phi) is 4.66. The lowest BCUT2D eigenvalue weighted by atomic mass is 9.96. The summed E-state index contributed by atoms with van der Waals surface area (Å²) in [5, 5.41) is 0. The van der Waals surface area contributed by atoms with E-state index in [1.54, 1.807) is 0 Å². The summed E-state index contributed by atoms with van der Waals surface area (Å²) >= 11 is 0. The van der Waals surface area contributed by atoms with E-state index in [0.29, 0.717) is 11.6 Å². The van der Waals surface area contributed by atoms with E-state index < -0.39 is 0 Å². The zero-order valence-corrected chi connectivity index (χ0v) is 16.8. The summed E-state index contributed by atoms with van der Waals surface area (Å²) in [6.07, 6.45) is 7.91. The molecule has 3 aromatic rings. The molecule has 2 fully saturated rings. The van der Waals surface area contributed by atoms with Gasteiger partial charge in [-0.05, 0) is 56.4 Å². The molecule has 0 spiro atoms. The van der Waals surface area contributed by atoms with Crippen LogP contribution in [0, 0.1) is 12.8 Å². The third-order valence-electron chi connectivity index (χ3n) is 5.99. The molecule has 1 N–H and O–H groups in total. The van der Waals surface area contributed by atoms with Gasteiger partial charge in [-0.3, -0.25) is 9.78 Å². The maximum Gasteiger partial charge on any atom is 0.227 e. The van der Waals surface area contributed by atoms with Gasteiger partial charge in [0.25, 0.3) is 0 Å². The van der Waals surface area contributed by atoms with Gasteiger partial charge in [0.1, 0.15) is 11.6 Å². The molecule has 5 heterocycles. The van der Waals surface area contributed by atoms with Crippen molar-refractivity contribution in [3.63, 3.8) is 0 Å². The Morgan fingerprint density at radius 1 is 1.10 bits per heavy atom. The number of carbonyl (C=O) groups is 1. The van der Waals surface area contributed by atoms with E-state index in [9.17, 15) is 4.79 Å². The second kappa shape index (κ2) is 7.46. The van der Waals surface area contributed by atoms with Crippen molar-refractivity contribution in [3.05, 3.63) is 36.2 Å². The van der Waals surface area contributed by atoms with Crippen molar-refractivity contribution < 1.29 is 4.79 Å². The summed E-state index contributed by atoms with van der Waals surface area (Å²) in [4.78, 5) is 34.2. The zero-order valence-electron chi connectivity index (χ0n) is 16.8. The molecular weight excluding hydrogens is 364 g/mol. The molecule has 1 amide bonds. The number of aromatic nitrogens is 4. The molecule has 150 valence electrons. The number of nitrogens with one attached hydrogen (secondary N) is 1. The number of fused-ring (bicyclic) bond motifs is 1. The monoisotopic (exact) mass is 390 g/mol. The molecule has 2 saturated heterocycles. The summed E-state index contributed by atoms with van der Waals surface area (Å²) in [5.41, 5.74) is 3.66. The Balaban J connectivity index is 1.37. The molecule has 5 rings (SSSR count). The number of likely N-dealkylation sites (tertiary alicyclic amines) is 1. The molecule has 29 heavy (non-hydrogen) atoms. The summed E-state index contributed by atoms with van der Waals surface area (Å²) in [7, 11) is 0. The van der Waals surface area contributed by atoms with Gasteiger partial charge in [0.05, 0.1) is 11.4 Å². The van der Waals surface area contributed by atoms with Crippen LogP contribution in [0.2, 0.25) is 0 Å². The zero-order chi connectivity index (χ0) is 19.8. The quantitative estimate of drug-likeness (QED) is 0.743. The largest absolute Gasteiger partial charge is 0.356 e. The molecule has 0 aromatic carbocycles. The van der Waals surface area contributed by atoms with Crippen LogP contribution in [0.15, 0.2) is 30.6 Å². The standard InChI is InChI=1S/C22H26N6O/c1-15-11-17(13-23-12-15)20-24-18-6-7-19(25-21(18)26-20)28-10-4-5-16(14-28)22(29)27-8-2-3-9-27/h6-7,11-13,16H,2-5,8-10,14H2,1H3,(H,24,25,26). The predicted molar refractivity (Wildman–Crippen MR) is 113 cm³/mol. The smallest absolute Gasteiger partial charge is 0.227 e. The molecule has 1 atom stereocenters. The van der Waals surface area contributed by atoms with Crippen LogP contribution in [0.25, 0.3) is 22.6 Å². The lowest BCUT2D eigenvalue weighted by Gasteiger charge is -2.34. The third-order valence-corrected chi connectivity index (χ3v) is 5.99. The number of aromatic amines is 1. The molecule has 1 unspecified atom stereocenters. The Morgan fingerprint density at radius 3 is 2.79 bits per heavy atom. The molecule has 0 bridgehead atoms. The fourth-order valence-corrected chi connectivity index (χ4v) is 4.46. The van der Waals surface area contributed by atoms with Crippen molar-refractivity contribution in [2.45, 2.75) is 32.6 Å². The highest BCUT2D eigenvalue weighted by molar-refractivity contribution is 5.80. The van der Waals surface area contributed by atoms with Gasteiger partial charge in [0, 0.05) is 44.1 Å². The molecule has 3 aromatic heterocycles. The van der Waals surface area contributed by atoms with Crippen LogP contribution in [0.1, 0.15) is 31.2 Å². The van der Waals surface area contributed by atoms with Gasteiger partial charge in [-0.25, -0.2) is 9.97 Å². The lowest BCUT2D eigenvalue weighted by Crippen LogP contribution is -2.44. The number of hydrogen-bond acceptors (Lipinski definition) is 5. The Labute approximate surface area is 170 Å². The van der Waals surface area contributed by atoms with Gasteiger partial charge < -0.3 is 14.8 Å². The van der Waals surface area contributed by atoms with Crippen LogP contribution in [0.5, 0.6) is 0 Å². The number of aryl methyl sites for hydroxylation is 1. The van der Waals surface area contributed by atoms with Crippen molar-refractivity contribution in [3.8, 4) is 11.4 Å². The molecule has 0 radical (unpaired) electrons. The van der Waals surface area contributed by atoms with Crippen LogP contribution >= 0.6 is 0 Å². The molecule has 7 nitrogen and oxygen atoms in total. The maximum absolute atomic E-state index is 12.8. The predicted octanol–water partition coefficient (Wildman–Crippen LogP) is 3.17. The van der Waals surface area contributed by atoms with Crippen molar-refractivity contribution in [1.29, 1.82) is 0 Å². The van der Waals surface area contributed by atoms with E-state index in [0.717, 1.165) is 80.1 Å². The summed E-state index contributed by atoms with van der Waals surface area (Å²) < 4.78 is 0. The number of piperidine rings is 1. The van der Waals surface area contributed by atoms with Gasteiger partial charge in [-0.2, -0.15) is 0 Å². The first kappa shape index (κ1) is 18.1. The van der Waals surface area contributed by atoms with Gasteiger partial charge in [0.15, 0.2) is 5.65 Å². The van der Waals surface area contributed by atoms with Crippen LogP contribution in [-0.2, 0) is 4.79 Å². The third kappa shape index (κ3) is 3.57. The molecule has 2 aliphatic heterocycles. The van der Waals surface area contributed by atoms with E-state index >= 15 is 0 Å². The highest BCUT2D eigenvalue weighted by atomic mass is 16.2. The minimum absolute atomic E-state index is 0.0764. The first-order valence-corrected chi connectivity index (χ1v) is 10.5. The fourth-order valence-electron chi connectivity index (χ4n) is 4.46. The number of carbonyl (C=O) groups excluding carboxylic acids is 1. The summed E-state index contributed by atoms with van der Waals surface area (Å²) in [5.74, 6) is 2.08. The number of H-pyrrole nitrogens is 1. The van der Waals surface area contributed by atoms with E-state index in [1.165, 1.54) is 0 Å². The number of anilines is 1. The number of hydrogen-bond donors (Lipinski definition) is 1. The molecule has 7 heteroatoms. The fraction of sp³-hybridized carbons (Fsp3) is 0.455. The first-order chi connectivity index (χ1) is 14.2. The van der Waals surface area contributed by atoms with Crippen LogP contribution in [0.4, 0.5) is 5.82 Å². The van der Waals surface area contributed by atoms with Gasteiger partial charge in [-0.1, -0.05) is 0 Å². The second-order valence-corrected chi connectivity index (χ2v) is 8.19. The second-order valence-electron chi connectivity index (χ2n) is 8.19. The van der Waals surface area contributed by atoms with Crippen molar-refractivity contribution in [1.82, 2.24) is 24.8 Å².